The molecule has 0 heterocycles. The monoisotopic (exact) mass is 451 g/mol. The van der Waals surface area contributed by atoms with Crippen LogP contribution in [-0.2, 0) is 4.79 Å². The lowest BCUT2D eigenvalue weighted by Gasteiger charge is -2.06. The first kappa shape index (κ1) is 20.3. The fourth-order valence-electron chi connectivity index (χ4n) is 2.40. The first-order valence-corrected chi connectivity index (χ1v) is 9.58. The van der Waals surface area contributed by atoms with Crippen LogP contribution in [0.2, 0.25) is 0 Å². The van der Waals surface area contributed by atoms with Gasteiger partial charge in [-0.05, 0) is 48.0 Å². The predicted octanol–water partition coefficient (Wildman–Crippen LogP) is 4.23. The van der Waals surface area contributed by atoms with Crippen LogP contribution in [0.25, 0.3) is 0 Å². The Bertz CT molecular complexity index is 1020. The maximum Gasteiger partial charge on any atom is 0.343 e. The van der Waals surface area contributed by atoms with Crippen LogP contribution < -0.4 is 15.5 Å². The lowest BCUT2D eigenvalue weighted by Crippen LogP contribution is -2.25. The van der Waals surface area contributed by atoms with Crippen LogP contribution >= 0.6 is 15.9 Å². The summed E-state index contributed by atoms with van der Waals surface area (Å²) in [5, 5.41) is 6.93. The molecule has 0 fully saturated rings. The number of esters is 1. The van der Waals surface area contributed by atoms with Gasteiger partial charge >= 0.3 is 5.97 Å². The fraction of sp³-hybridized carbons (Fsp3) is 0.0455. The van der Waals surface area contributed by atoms with Gasteiger partial charge in [0.2, 0.25) is 0 Å². The maximum atomic E-state index is 12.2. The van der Waals surface area contributed by atoms with E-state index in [-0.39, 0.29) is 12.5 Å². The molecule has 0 saturated heterocycles. The summed E-state index contributed by atoms with van der Waals surface area (Å²) >= 11 is 3.33. The Morgan fingerprint density at radius 2 is 1.76 bits per heavy atom. The highest BCUT2D eigenvalue weighted by molar-refractivity contribution is 9.10. The molecule has 6 nitrogen and oxygen atoms in total. The van der Waals surface area contributed by atoms with E-state index in [9.17, 15) is 9.59 Å². The lowest BCUT2D eigenvalue weighted by atomic mass is 10.2. The van der Waals surface area contributed by atoms with Crippen molar-refractivity contribution in [3.63, 3.8) is 0 Å². The quantitative estimate of drug-likeness (QED) is 0.243. The second-order valence-electron chi connectivity index (χ2n) is 5.99. The number of carbonyl (C=O) groups excluding carboxylic acids is 2. The normalized spacial score (nSPS) is 10.5. The summed E-state index contributed by atoms with van der Waals surface area (Å²) in [5.74, 6) is -0.348. The first-order valence-electron chi connectivity index (χ1n) is 8.79. The lowest BCUT2D eigenvalue weighted by molar-refractivity contribution is -0.119. The number of benzene rings is 3. The topological polar surface area (TPSA) is 79.8 Å². The predicted molar refractivity (Wildman–Crippen MR) is 116 cm³/mol. The van der Waals surface area contributed by atoms with Gasteiger partial charge in [0.05, 0.1) is 18.3 Å². The Labute approximate surface area is 176 Å². The molecule has 1 amide bonds. The summed E-state index contributed by atoms with van der Waals surface area (Å²) in [7, 11) is 0. The Hall–Kier alpha value is -3.45. The summed E-state index contributed by atoms with van der Waals surface area (Å²) in [6, 6.07) is 23.2. The number of hydrogen-bond donors (Lipinski definition) is 2. The molecule has 0 aliphatic heterocycles. The summed E-state index contributed by atoms with van der Waals surface area (Å²) in [4.78, 5) is 24.1. The fourth-order valence-corrected chi connectivity index (χ4v) is 2.80. The van der Waals surface area contributed by atoms with Crippen LogP contribution in [-0.4, -0.2) is 24.6 Å². The van der Waals surface area contributed by atoms with Gasteiger partial charge in [0, 0.05) is 10.2 Å². The smallest absolute Gasteiger partial charge is 0.343 e. The van der Waals surface area contributed by atoms with E-state index < -0.39 is 5.97 Å². The van der Waals surface area contributed by atoms with E-state index in [1.54, 1.807) is 42.5 Å². The largest absolute Gasteiger partial charge is 0.423 e. The molecular formula is C22H18BrN3O3. The number of nitrogens with one attached hydrogen (secondary N) is 2. The van der Waals surface area contributed by atoms with E-state index in [1.165, 1.54) is 6.21 Å². The van der Waals surface area contributed by atoms with Gasteiger partial charge in [0.25, 0.3) is 5.91 Å². The molecule has 0 aliphatic rings. The standard InChI is InChI=1S/C22H18BrN3O3/c23-18-8-5-7-17(13-18)22(28)29-20-11-4-6-16(12-20)14-25-26-21(27)15-24-19-9-2-1-3-10-19/h1-14,24H,15H2,(H,26,27)/b25-14+. The second kappa shape index (κ2) is 10.2. The van der Waals surface area contributed by atoms with Gasteiger partial charge in [-0.3, -0.25) is 4.79 Å². The number of halogens is 1. The molecule has 0 atom stereocenters. The summed E-state index contributed by atoms with van der Waals surface area (Å²) < 4.78 is 6.19. The van der Waals surface area contributed by atoms with Crippen molar-refractivity contribution in [2.45, 2.75) is 0 Å². The van der Waals surface area contributed by atoms with Crippen LogP contribution in [0.15, 0.2) is 88.4 Å². The minimum Gasteiger partial charge on any atom is -0.423 e. The number of para-hydroxylation sites is 1. The van der Waals surface area contributed by atoms with Gasteiger partial charge in [-0.15, -0.1) is 0 Å². The van der Waals surface area contributed by atoms with Crippen molar-refractivity contribution in [2.24, 2.45) is 5.10 Å². The number of rotatable bonds is 7. The van der Waals surface area contributed by atoms with Gasteiger partial charge in [0.1, 0.15) is 5.75 Å². The zero-order valence-electron chi connectivity index (χ0n) is 15.3. The van der Waals surface area contributed by atoms with E-state index in [0.717, 1.165) is 10.2 Å². The number of carbonyl (C=O) groups is 2. The zero-order valence-corrected chi connectivity index (χ0v) is 16.9. The van der Waals surface area contributed by atoms with Crippen LogP contribution in [0.1, 0.15) is 15.9 Å². The number of hydrazone groups is 1. The minimum absolute atomic E-state index is 0.103. The Balaban J connectivity index is 1.52. The van der Waals surface area contributed by atoms with Gasteiger partial charge < -0.3 is 10.1 Å². The van der Waals surface area contributed by atoms with E-state index >= 15 is 0 Å². The third kappa shape index (κ3) is 6.58. The minimum atomic E-state index is -0.458. The van der Waals surface area contributed by atoms with Gasteiger partial charge in [-0.2, -0.15) is 5.10 Å². The SMILES string of the molecule is O=C(CNc1ccccc1)N/N=C/c1cccc(OC(=O)c2cccc(Br)c2)c1. The molecule has 0 bridgehead atoms. The molecule has 2 N–H and O–H groups in total. The molecule has 0 saturated carbocycles. The van der Waals surface area contributed by atoms with Crippen molar-refractivity contribution in [1.82, 2.24) is 5.43 Å². The number of ether oxygens (including phenoxy) is 1. The molecule has 3 aromatic rings. The average Bonchev–Trinajstić information content (AvgIpc) is 2.73. The van der Waals surface area contributed by atoms with Crippen LogP contribution in [0.4, 0.5) is 5.69 Å². The van der Waals surface area contributed by atoms with E-state index in [0.29, 0.717) is 16.9 Å². The Morgan fingerprint density at radius 1 is 0.966 bits per heavy atom. The molecular weight excluding hydrogens is 434 g/mol. The van der Waals surface area contributed by atoms with Crippen molar-refractivity contribution in [2.75, 3.05) is 11.9 Å². The van der Waals surface area contributed by atoms with Crippen molar-refractivity contribution >= 4 is 39.7 Å². The van der Waals surface area contributed by atoms with E-state index in [2.05, 4.69) is 31.8 Å². The van der Waals surface area contributed by atoms with Crippen molar-refractivity contribution < 1.29 is 14.3 Å². The highest BCUT2D eigenvalue weighted by Crippen LogP contribution is 2.16. The van der Waals surface area contributed by atoms with Gasteiger partial charge in [-0.1, -0.05) is 52.3 Å². The highest BCUT2D eigenvalue weighted by Gasteiger charge is 2.09. The zero-order chi connectivity index (χ0) is 20.5. The molecule has 0 spiro atoms. The van der Waals surface area contributed by atoms with Crippen LogP contribution in [0.5, 0.6) is 5.75 Å². The number of nitrogens with zero attached hydrogens (tertiary/aromatic N) is 1. The molecule has 3 rings (SSSR count). The molecule has 0 unspecified atom stereocenters. The van der Waals surface area contributed by atoms with E-state index in [4.69, 9.17) is 4.74 Å². The molecule has 146 valence electrons. The summed E-state index contributed by atoms with van der Waals surface area (Å²) in [5.41, 5.74) is 4.42. The van der Waals surface area contributed by atoms with Crippen LogP contribution in [0.3, 0.4) is 0 Å². The molecule has 0 aromatic heterocycles. The summed E-state index contributed by atoms with van der Waals surface area (Å²) in [6.45, 7) is 0.103. The second-order valence-corrected chi connectivity index (χ2v) is 6.90. The van der Waals surface area contributed by atoms with Crippen molar-refractivity contribution in [3.8, 4) is 5.75 Å². The number of hydrogen-bond acceptors (Lipinski definition) is 5. The van der Waals surface area contributed by atoms with Gasteiger partial charge in [-0.25, -0.2) is 10.2 Å². The summed E-state index contributed by atoms with van der Waals surface area (Å²) in [6.07, 6.45) is 1.48. The third-order valence-corrected chi connectivity index (χ3v) is 4.25. The maximum absolute atomic E-state index is 12.2. The van der Waals surface area contributed by atoms with Gasteiger partial charge in [0.15, 0.2) is 0 Å². The number of anilines is 1. The van der Waals surface area contributed by atoms with E-state index in [1.807, 2.05) is 36.4 Å². The average molecular weight is 452 g/mol. The molecule has 0 aliphatic carbocycles. The van der Waals surface area contributed by atoms with Crippen molar-refractivity contribution in [1.29, 1.82) is 0 Å². The third-order valence-electron chi connectivity index (χ3n) is 3.76. The van der Waals surface area contributed by atoms with Crippen molar-refractivity contribution in [3.05, 3.63) is 94.5 Å². The highest BCUT2D eigenvalue weighted by atomic mass is 79.9. The first-order chi connectivity index (χ1) is 14.1. The molecule has 3 aromatic carbocycles. The number of amides is 1. The van der Waals surface area contributed by atoms with Crippen LogP contribution in [0, 0.1) is 0 Å². The molecule has 7 heteroatoms. The Morgan fingerprint density at radius 3 is 2.55 bits per heavy atom. The molecule has 0 radical (unpaired) electrons. The molecule has 29 heavy (non-hydrogen) atoms. The Kier molecular flexibility index (Phi) is 7.13.